The molecule has 0 aliphatic carbocycles. The zero-order valence-corrected chi connectivity index (χ0v) is 11.8. The summed E-state index contributed by atoms with van der Waals surface area (Å²) < 4.78 is 0. The van der Waals surface area contributed by atoms with Crippen LogP contribution in [0.3, 0.4) is 0 Å². The Bertz CT molecular complexity index is 496. The number of aliphatic carboxylic acids is 1. The number of likely N-dealkylation sites (tertiary alicyclic amines) is 1. The van der Waals surface area contributed by atoms with Gasteiger partial charge in [0.25, 0.3) is 0 Å². The fraction of sp³-hybridized carbons (Fsp3) is 0.467. The highest BCUT2D eigenvalue weighted by atomic mass is 16.4. The molecular weight excluding hydrogens is 256 g/mol. The van der Waals surface area contributed by atoms with Crippen LogP contribution in [0.2, 0.25) is 0 Å². The molecule has 1 saturated heterocycles. The first-order valence-electron chi connectivity index (χ1n) is 6.89. The molecule has 1 heterocycles. The van der Waals surface area contributed by atoms with Gasteiger partial charge in [-0.3, -0.25) is 0 Å². The molecule has 1 aliphatic rings. The van der Waals surface area contributed by atoms with Crippen LogP contribution in [0.4, 0.5) is 10.5 Å². The topological polar surface area (TPSA) is 69.6 Å². The molecule has 20 heavy (non-hydrogen) atoms. The molecule has 1 fully saturated rings. The van der Waals surface area contributed by atoms with Gasteiger partial charge in [0.05, 0.1) is 0 Å². The van der Waals surface area contributed by atoms with Gasteiger partial charge in [-0.05, 0) is 36.5 Å². The Morgan fingerprint density at radius 2 is 1.95 bits per heavy atom. The van der Waals surface area contributed by atoms with E-state index >= 15 is 0 Å². The number of carbonyl (C=O) groups is 2. The van der Waals surface area contributed by atoms with E-state index in [0.717, 1.165) is 6.42 Å². The highest BCUT2D eigenvalue weighted by molar-refractivity contribution is 5.92. The van der Waals surface area contributed by atoms with Gasteiger partial charge in [-0.2, -0.15) is 0 Å². The first kappa shape index (κ1) is 14.4. The van der Waals surface area contributed by atoms with Gasteiger partial charge in [-0.25, -0.2) is 9.59 Å². The van der Waals surface area contributed by atoms with Crippen molar-refractivity contribution < 1.29 is 14.7 Å². The molecule has 1 aliphatic heterocycles. The lowest BCUT2D eigenvalue weighted by atomic mass is 10.0. The quantitative estimate of drug-likeness (QED) is 0.891. The number of anilines is 1. The highest BCUT2D eigenvalue weighted by Crippen LogP contribution is 2.20. The van der Waals surface area contributed by atoms with Crippen LogP contribution < -0.4 is 5.32 Å². The average molecular weight is 276 g/mol. The van der Waals surface area contributed by atoms with Gasteiger partial charge in [0.2, 0.25) is 0 Å². The van der Waals surface area contributed by atoms with Crippen LogP contribution in [0.1, 0.15) is 38.2 Å². The lowest BCUT2D eigenvalue weighted by molar-refractivity contribution is -0.141. The van der Waals surface area contributed by atoms with E-state index in [9.17, 15) is 9.59 Å². The Balaban J connectivity index is 2.02. The van der Waals surface area contributed by atoms with E-state index in [4.69, 9.17) is 5.11 Å². The normalized spacial score (nSPS) is 18.4. The summed E-state index contributed by atoms with van der Waals surface area (Å²) in [6.45, 7) is 4.71. The third kappa shape index (κ3) is 3.10. The van der Waals surface area contributed by atoms with Gasteiger partial charge in [0.15, 0.2) is 0 Å². The Labute approximate surface area is 118 Å². The second-order valence-corrected chi connectivity index (χ2v) is 5.40. The molecule has 108 valence electrons. The van der Waals surface area contributed by atoms with Crippen LogP contribution in [0, 0.1) is 0 Å². The number of carboxylic acids is 1. The number of carboxylic acid groups (broad SMARTS) is 1. The number of nitrogens with zero attached hydrogens (tertiary/aromatic N) is 1. The largest absolute Gasteiger partial charge is 0.480 e. The smallest absolute Gasteiger partial charge is 0.326 e. The Morgan fingerprint density at radius 1 is 1.30 bits per heavy atom. The molecule has 1 aromatic rings. The van der Waals surface area contributed by atoms with Crippen LogP contribution in [0.5, 0.6) is 0 Å². The van der Waals surface area contributed by atoms with Crippen molar-refractivity contribution in [3.8, 4) is 0 Å². The van der Waals surface area contributed by atoms with E-state index in [1.54, 1.807) is 0 Å². The third-order valence-corrected chi connectivity index (χ3v) is 3.63. The highest BCUT2D eigenvalue weighted by Gasteiger charge is 2.33. The van der Waals surface area contributed by atoms with Gasteiger partial charge >= 0.3 is 12.0 Å². The Morgan fingerprint density at radius 3 is 2.50 bits per heavy atom. The summed E-state index contributed by atoms with van der Waals surface area (Å²) in [4.78, 5) is 24.6. The van der Waals surface area contributed by atoms with E-state index in [1.165, 1.54) is 10.5 Å². The fourth-order valence-corrected chi connectivity index (χ4v) is 2.41. The molecule has 0 aromatic heterocycles. The minimum Gasteiger partial charge on any atom is -0.480 e. The number of benzene rings is 1. The molecule has 2 N–H and O–H groups in total. The molecule has 0 saturated carbocycles. The molecule has 0 unspecified atom stereocenters. The number of carbonyl (C=O) groups excluding carboxylic acids is 1. The first-order chi connectivity index (χ1) is 9.49. The van der Waals surface area contributed by atoms with Crippen molar-refractivity contribution in [1.29, 1.82) is 0 Å². The van der Waals surface area contributed by atoms with Crippen LogP contribution in [0.15, 0.2) is 24.3 Å². The third-order valence-electron chi connectivity index (χ3n) is 3.63. The number of nitrogens with one attached hydrogen (secondary N) is 1. The SMILES string of the molecule is CC(C)c1ccc(NC(=O)N2CCC[C@H]2C(=O)O)cc1. The van der Waals surface area contributed by atoms with Crippen molar-refractivity contribution in [2.24, 2.45) is 0 Å². The molecule has 1 aromatic carbocycles. The maximum Gasteiger partial charge on any atom is 0.326 e. The Hall–Kier alpha value is -2.04. The van der Waals surface area contributed by atoms with Crippen LogP contribution in [-0.2, 0) is 4.79 Å². The second kappa shape index (κ2) is 5.94. The predicted octanol–water partition coefficient (Wildman–Crippen LogP) is 2.89. The molecule has 0 bridgehead atoms. The summed E-state index contributed by atoms with van der Waals surface area (Å²) in [7, 11) is 0. The van der Waals surface area contributed by atoms with Crippen LogP contribution in [0.25, 0.3) is 0 Å². The second-order valence-electron chi connectivity index (χ2n) is 5.40. The monoisotopic (exact) mass is 276 g/mol. The number of urea groups is 1. The van der Waals surface area contributed by atoms with Gasteiger partial charge in [-0.1, -0.05) is 26.0 Å². The standard InChI is InChI=1S/C15H20N2O3/c1-10(2)11-5-7-12(8-6-11)16-15(20)17-9-3-4-13(17)14(18)19/h5-8,10,13H,3-4,9H2,1-2H3,(H,16,20)(H,18,19)/t13-/m0/s1. The zero-order valence-electron chi connectivity index (χ0n) is 11.8. The van der Waals surface area contributed by atoms with Crippen molar-refractivity contribution in [2.45, 2.75) is 38.6 Å². The molecule has 0 radical (unpaired) electrons. The van der Waals surface area contributed by atoms with E-state index in [-0.39, 0.29) is 6.03 Å². The summed E-state index contributed by atoms with van der Waals surface area (Å²) in [6.07, 6.45) is 1.26. The van der Waals surface area contributed by atoms with Crippen molar-refractivity contribution in [3.05, 3.63) is 29.8 Å². The maximum absolute atomic E-state index is 12.1. The molecule has 1 atom stereocenters. The number of hydrogen-bond acceptors (Lipinski definition) is 2. The summed E-state index contributed by atoms with van der Waals surface area (Å²) >= 11 is 0. The minimum absolute atomic E-state index is 0.341. The van der Waals surface area contributed by atoms with Gasteiger partial charge in [-0.15, -0.1) is 0 Å². The summed E-state index contributed by atoms with van der Waals surface area (Å²) in [5.41, 5.74) is 1.89. The predicted molar refractivity (Wildman–Crippen MR) is 76.9 cm³/mol. The van der Waals surface area contributed by atoms with Crippen molar-refractivity contribution >= 4 is 17.7 Å². The molecule has 2 amide bonds. The molecule has 2 rings (SSSR count). The first-order valence-corrected chi connectivity index (χ1v) is 6.89. The summed E-state index contributed by atoms with van der Waals surface area (Å²) in [6, 6.07) is 6.59. The summed E-state index contributed by atoms with van der Waals surface area (Å²) in [5, 5.41) is 11.8. The zero-order chi connectivity index (χ0) is 14.7. The summed E-state index contributed by atoms with van der Waals surface area (Å²) in [5.74, 6) is -0.498. The van der Waals surface area contributed by atoms with Gasteiger partial charge in [0.1, 0.15) is 6.04 Å². The van der Waals surface area contributed by atoms with E-state index < -0.39 is 12.0 Å². The van der Waals surface area contributed by atoms with E-state index in [0.29, 0.717) is 24.6 Å². The molecular formula is C15H20N2O3. The minimum atomic E-state index is -0.937. The molecule has 5 heteroatoms. The maximum atomic E-state index is 12.1. The van der Waals surface area contributed by atoms with Crippen LogP contribution in [-0.4, -0.2) is 34.6 Å². The van der Waals surface area contributed by atoms with E-state index in [1.807, 2.05) is 24.3 Å². The van der Waals surface area contributed by atoms with Crippen molar-refractivity contribution in [2.75, 3.05) is 11.9 Å². The van der Waals surface area contributed by atoms with Gasteiger partial charge < -0.3 is 15.3 Å². The fourth-order valence-electron chi connectivity index (χ4n) is 2.41. The van der Waals surface area contributed by atoms with Crippen molar-refractivity contribution in [1.82, 2.24) is 4.90 Å². The average Bonchev–Trinajstić information content (AvgIpc) is 2.88. The van der Waals surface area contributed by atoms with Crippen molar-refractivity contribution in [3.63, 3.8) is 0 Å². The van der Waals surface area contributed by atoms with Crippen LogP contribution >= 0.6 is 0 Å². The molecule has 0 spiro atoms. The Kier molecular flexibility index (Phi) is 4.27. The number of hydrogen-bond donors (Lipinski definition) is 2. The molecule has 5 nitrogen and oxygen atoms in total. The lowest BCUT2D eigenvalue weighted by Crippen LogP contribution is -2.42. The number of amides is 2. The number of rotatable bonds is 3. The lowest BCUT2D eigenvalue weighted by Gasteiger charge is -2.21. The van der Waals surface area contributed by atoms with E-state index in [2.05, 4.69) is 19.2 Å². The van der Waals surface area contributed by atoms with Gasteiger partial charge in [0, 0.05) is 12.2 Å².